The van der Waals surface area contributed by atoms with Crippen molar-refractivity contribution < 1.29 is 22.2 Å². The molecule has 1 N–H and O–H groups in total. The second kappa shape index (κ2) is 7.02. The van der Waals surface area contributed by atoms with Gasteiger partial charge in [-0.3, -0.25) is 0 Å². The lowest BCUT2D eigenvalue weighted by atomic mass is 10.3. The first-order chi connectivity index (χ1) is 12.6. The molecule has 1 aromatic carbocycles. The van der Waals surface area contributed by atoms with Gasteiger partial charge in [-0.2, -0.15) is 4.31 Å². The van der Waals surface area contributed by atoms with Gasteiger partial charge in [-0.15, -0.1) is 10.2 Å². The monoisotopic (exact) mass is 375 g/mol. The Hall–Kier alpha value is -2.49. The van der Waals surface area contributed by atoms with Crippen LogP contribution in [-0.2, 0) is 16.6 Å². The lowest BCUT2D eigenvalue weighted by Gasteiger charge is -2.30. The van der Waals surface area contributed by atoms with E-state index in [-0.39, 0.29) is 0 Å². The number of aromatic nitrogens is 2. The summed E-state index contributed by atoms with van der Waals surface area (Å²) in [6.07, 6.45) is 1.55. The zero-order valence-electron chi connectivity index (χ0n) is 14.0. The minimum absolute atomic E-state index is 0.337. The largest absolute Gasteiger partial charge is 0.459 e. The predicted octanol–water partition coefficient (Wildman–Crippen LogP) is 0.419. The van der Waals surface area contributed by atoms with E-state index in [1.165, 1.54) is 9.21 Å². The highest BCUT2D eigenvalue weighted by atomic mass is 32.2. The molecule has 4 rings (SSSR count). The zero-order chi connectivity index (χ0) is 18.0. The number of quaternary nitrogens is 1. The zero-order valence-corrected chi connectivity index (χ0v) is 14.9. The molecule has 0 unspecified atom stereocenters. The van der Waals surface area contributed by atoms with Gasteiger partial charge >= 0.3 is 0 Å². The molecule has 0 radical (unpaired) electrons. The first-order valence-corrected chi connectivity index (χ1v) is 9.82. The van der Waals surface area contributed by atoms with E-state index in [9.17, 15) is 8.42 Å². The van der Waals surface area contributed by atoms with Crippen molar-refractivity contribution in [3.05, 3.63) is 54.6 Å². The first-order valence-electron chi connectivity index (χ1n) is 8.38. The molecule has 8 nitrogen and oxygen atoms in total. The Morgan fingerprint density at radius 3 is 2.50 bits per heavy atom. The van der Waals surface area contributed by atoms with Crippen molar-refractivity contribution in [1.82, 2.24) is 14.5 Å². The van der Waals surface area contributed by atoms with Gasteiger partial charge < -0.3 is 13.7 Å². The van der Waals surface area contributed by atoms with Crippen molar-refractivity contribution in [3.8, 4) is 11.7 Å². The Kier molecular flexibility index (Phi) is 4.58. The summed E-state index contributed by atoms with van der Waals surface area (Å²) in [5, 5.41) is 8.04. The van der Waals surface area contributed by atoms with Crippen molar-refractivity contribution in [2.75, 3.05) is 26.2 Å². The summed E-state index contributed by atoms with van der Waals surface area (Å²) < 4.78 is 37.7. The molecule has 9 heteroatoms. The third-order valence-corrected chi connectivity index (χ3v) is 6.32. The molecule has 2 aromatic heterocycles. The Morgan fingerprint density at radius 1 is 1.04 bits per heavy atom. The highest BCUT2D eigenvalue weighted by Crippen LogP contribution is 2.18. The summed E-state index contributed by atoms with van der Waals surface area (Å²) in [7, 11) is -3.43. The Balaban J connectivity index is 1.37. The van der Waals surface area contributed by atoms with E-state index in [0.717, 1.165) is 0 Å². The number of sulfonamides is 1. The molecule has 1 saturated heterocycles. The van der Waals surface area contributed by atoms with Crippen molar-refractivity contribution in [2.45, 2.75) is 11.4 Å². The fraction of sp³-hybridized carbons (Fsp3) is 0.294. The standard InChI is InChI=1S/C17H18N4O4S/c22-26(23,14-5-2-1-3-6-14)21-10-8-20(9-11-21)13-16-18-19-17(25-16)15-7-4-12-24-15/h1-7,12H,8-11,13H2/p+1. The molecule has 0 saturated carbocycles. The lowest BCUT2D eigenvalue weighted by molar-refractivity contribution is -0.918. The maximum Gasteiger partial charge on any atom is 0.283 e. The van der Waals surface area contributed by atoms with Gasteiger partial charge in [0.05, 0.1) is 37.3 Å². The summed E-state index contributed by atoms with van der Waals surface area (Å²) in [5.41, 5.74) is 0. The Morgan fingerprint density at radius 2 is 1.81 bits per heavy atom. The van der Waals surface area contributed by atoms with Gasteiger partial charge in [-0.05, 0) is 24.3 Å². The van der Waals surface area contributed by atoms with Crippen molar-refractivity contribution in [2.24, 2.45) is 0 Å². The Labute approximate surface area is 151 Å². The molecule has 1 aliphatic rings. The van der Waals surface area contributed by atoms with Crippen LogP contribution in [0.15, 0.2) is 62.5 Å². The van der Waals surface area contributed by atoms with Gasteiger partial charge in [0.2, 0.25) is 10.0 Å². The van der Waals surface area contributed by atoms with Crippen molar-refractivity contribution >= 4 is 10.0 Å². The number of nitrogens with one attached hydrogen (secondary N) is 1. The second-order valence-electron chi connectivity index (χ2n) is 6.12. The quantitative estimate of drug-likeness (QED) is 0.695. The van der Waals surface area contributed by atoms with Crippen LogP contribution in [0, 0.1) is 0 Å². The molecular formula is C17H19N4O4S+. The number of rotatable bonds is 5. The molecule has 0 atom stereocenters. The van der Waals surface area contributed by atoms with Gasteiger partial charge in [0.1, 0.15) is 0 Å². The number of piperazine rings is 1. The van der Waals surface area contributed by atoms with Gasteiger partial charge in [-0.1, -0.05) is 18.2 Å². The van der Waals surface area contributed by atoms with Crippen LogP contribution in [-0.4, -0.2) is 49.1 Å². The molecule has 136 valence electrons. The summed E-state index contributed by atoms with van der Waals surface area (Å²) >= 11 is 0. The van der Waals surface area contributed by atoms with E-state index in [4.69, 9.17) is 8.83 Å². The lowest BCUT2D eigenvalue weighted by Crippen LogP contribution is -3.13. The Bertz CT molecular complexity index is 946. The molecule has 0 amide bonds. The van der Waals surface area contributed by atoms with E-state index in [0.29, 0.717) is 55.2 Å². The number of hydrogen-bond acceptors (Lipinski definition) is 6. The van der Waals surface area contributed by atoms with Crippen LogP contribution in [0.25, 0.3) is 11.7 Å². The van der Waals surface area contributed by atoms with Gasteiger partial charge in [-0.25, -0.2) is 8.42 Å². The van der Waals surface area contributed by atoms with Crippen molar-refractivity contribution in [3.63, 3.8) is 0 Å². The van der Waals surface area contributed by atoms with Gasteiger partial charge in [0, 0.05) is 0 Å². The molecule has 0 spiro atoms. The minimum atomic E-state index is -3.43. The molecule has 3 aromatic rings. The number of hydrogen-bond donors (Lipinski definition) is 1. The number of benzene rings is 1. The fourth-order valence-electron chi connectivity index (χ4n) is 3.00. The predicted molar refractivity (Wildman–Crippen MR) is 91.6 cm³/mol. The fourth-order valence-corrected chi connectivity index (χ4v) is 4.46. The maximum atomic E-state index is 12.7. The molecule has 0 bridgehead atoms. The average Bonchev–Trinajstić information content (AvgIpc) is 3.34. The highest BCUT2D eigenvalue weighted by Gasteiger charge is 2.31. The molecule has 1 fully saturated rings. The van der Waals surface area contributed by atoms with Crippen LogP contribution >= 0.6 is 0 Å². The van der Waals surface area contributed by atoms with Crippen LogP contribution in [0.4, 0.5) is 0 Å². The number of furan rings is 1. The minimum Gasteiger partial charge on any atom is -0.459 e. The third-order valence-electron chi connectivity index (χ3n) is 4.41. The third kappa shape index (κ3) is 3.41. The summed E-state index contributed by atoms with van der Waals surface area (Å²) in [5.74, 6) is 1.41. The second-order valence-corrected chi connectivity index (χ2v) is 8.06. The molecule has 1 aliphatic heterocycles. The van der Waals surface area contributed by atoms with Gasteiger partial charge in [0.25, 0.3) is 11.8 Å². The van der Waals surface area contributed by atoms with E-state index >= 15 is 0 Å². The van der Waals surface area contributed by atoms with Crippen LogP contribution in [0.1, 0.15) is 5.89 Å². The van der Waals surface area contributed by atoms with E-state index < -0.39 is 10.0 Å². The maximum absolute atomic E-state index is 12.7. The van der Waals surface area contributed by atoms with Gasteiger partial charge in [0.15, 0.2) is 12.3 Å². The topological polar surface area (TPSA) is 93.9 Å². The summed E-state index contributed by atoms with van der Waals surface area (Å²) in [6, 6.07) is 12.1. The highest BCUT2D eigenvalue weighted by molar-refractivity contribution is 7.89. The molecule has 26 heavy (non-hydrogen) atoms. The van der Waals surface area contributed by atoms with Crippen molar-refractivity contribution in [1.29, 1.82) is 0 Å². The SMILES string of the molecule is O=S(=O)(c1ccccc1)N1CC[NH+](Cc2nnc(-c3ccco3)o2)CC1. The average molecular weight is 375 g/mol. The smallest absolute Gasteiger partial charge is 0.283 e. The normalized spacial score (nSPS) is 16.8. The molecular weight excluding hydrogens is 356 g/mol. The first kappa shape index (κ1) is 17.0. The van der Waals surface area contributed by atoms with Crippen LogP contribution in [0.3, 0.4) is 0 Å². The summed E-state index contributed by atoms with van der Waals surface area (Å²) in [4.78, 5) is 1.54. The van der Waals surface area contributed by atoms with E-state index in [1.54, 1.807) is 42.7 Å². The van der Waals surface area contributed by atoms with E-state index in [1.807, 2.05) is 6.07 Å². The van der Waals surface area contributed by atoms with Crippen LogP contribution < -0.4 is 4.90 Å². The van der Waals surface area contributed by atoms with Crippen LogP contribution in [0.2, 0.25) is 0 Å². The van der Waals surface area contributed by atoms with E-state index in [2.05, 4.69) is 10.2 Å². The van der Waals surface area contributed by atoms with Crippen LogP contribution in [0.5, 0.6) is 0 Å². The number of nitrogens with zero attached hydrogens (tertiary/aromatic N) is 3. The molecule has 3 heterocycles. The summed E-state index contributed by atoms with van der Waals surface area (Å²) in [6.45, 7) is 2.86. The molecule has 0 aliphatic carbocycles.